The van der Waals surface area contributed by atoms with Gasteiger partial charge in [-0.1, -0.05) is 255 Å². The largest absolute Gasteiger partial charge is 0.309 e. The van der Waals surface area contributed by atoms with Crippen molar-refractivity contribution in [1.29, 1.82) is 0 Å². The Kier molecular flexibility index (Phi) is 10.1. The molecule has 0 aromatic heterocycles. The highest BCUT2D eigenvalue weighted by Gasteiger charge is 2.47. The maximum absolute atomic E-state index is 2.50. The number of benzene rings is 12. The Morgan fingerprint density at radius 1 is 0.243 bits per heavy atom. The minimum absolute atomic E-state index is 0.528. The van der Waals surface area contributed by atoms with E-state index in [-0.39, 0.29) is 0 Å². The molecule has 1 nitrogen and oxygen atoms in total. The molecule has 0 N–H and O–H groups in total. The molecule has 13 rings (SSSR count). The molecule has 0 amide bonds. The normalized spacial score (nSPS) is 12.4. The quantitative estimate of drug-likeness (QED) is 0.131. The first-order chi connectivity index (χ1) is 34.8. The number of para-hydroxylation sites is 1. The van der Waals surface area contributed by atoms with Crippen LogP contribution in [0.5, 0.6) is 0 Å². The maximum Gasteiger partial charge on any atom is 0.0714 e. The molecule has 0 saturated heterocycles. The average Bonchev–Trinajstić information content (AvgIpc) is 3.76. The van der Waals surface area contributed by atoms with Crippen LogP contribution < -0.4 is 4.90 Å². The van der Waals surface area contributed by atoms with Gasteiger partial charge in [0.2, 0.25) is 0 Å². The molecular weight excluding hydrogens is 843 g/mol. The van der Waals surface area contributed by atoms with E-state index >= 15 is 0 Å². The number of hydrogen-bond donors (Lipinski definition) is 0. The molecule has 0 aliphatic heterocycles. The number of anilines is 3. The summed E-state index contributed by atoms with van der Waals surface area (Å²) in [6.45, 7) is 0. The SMILES string of the molecule is c1ccc(-c2ccccc2N(c2ccc(-c3ccc4c(c3)c(-c3ccccc3)c(-c3ccccc3)c3ccccc34)cc2)c2cccc3c2-c2ccccc2C3(c2ccccc2)c2ccccc2)cc1. The highest BCUT2D eigenvalue weighted by Crippen LogP contribution is 2.60. The first-order valence-electron chi connectivity index (χ1n) is 24.3. The summed E-state index contributed by atoms with van der Waals surface area (Å²) in [6, 6.07) is 105. The Labute approximate surface area is 409 Å². The van der Waals surface area contributed by atoms with Gasteiger partial charge in [-0.3, -0.25) is 0 Å². The van der Waals surface area contributed by atoms with E-state index in [1.54, 1.807) is 0 Å². The van der Waals surface area contributed by atoms with Gasteiger partial charge in [0.15, 0.2) is 0 Å². The van der Waals surface area contributed by atoms with Crippen molar-refractivity contribution in [3.05, 3.63) is 307 Å². The highest BCUT2D eigenvalue weighted by atomic mass is 15.1. The van der Waals surface area contributed by atoms with Crippen LogP contribution in [-0.4, -0.2) is 0 Å². The molecule has 0 atom stereocenters. The molecule has 328 valence electrons. The van der Waals surface area contributed by atoms with Crippen LogP contribution in [0.2, 0.25) is 0 Å². The molecular formula is C69H47N. The molecule has 0 radical (unpaired) electrons. The molecule has 0 fully saturated rings. The van der Waals surface area contributed by atoms with E-state index in [1.165, 1.54) is 88.3 Å². The van der Waals surface area contributed by atoms with Crippen LogP contribution >= 0.6 is 0 Å². The fraction of sp³-hybridized carbons (Fsp3) is 0.0145. The summed E-state index contributed by atoms with van der Waals surface area (Å²) in [5, 5.41) is 5.00. The zero-order valence-corrected chi connectivity index (χ0v) is 38.6. The first kappa shape index (κ1) is 41.2. The molecule has 0 unspecified atom stereocenters. The van der Waals surface area contributed by atoms with Gasteiger partial charge in [-0.25, -0.2) is 0 Å². The lowest BCUT2D eigenvalue weighted by atomic mass is 9.68. The Balaban J connectivity index is 1.03. The molecule has 1 aliphatic carbocycles. The molecule has 0 bridgehead atoms. The zero-order valence-electron chi connectivity index (χ0n) is 38.6. The van der Waals surface area contributed by atoms with Crippen molar-refractivity contribution in [1.82, 2.24) is 0 Å². The van der Waals surface area contributed by atoms with Crippen molar-refractivity contribution in [2.75, 3.05) is 4.90 Å². The Morgan fingerprint density at radius 3 is 1.34 bits per heavy atom. The molecule has 0 heterocycles. The summed E-state index contributed by atoms with van der Waals surface area (Å²) in [4.78, 5) is 2.50. The van der Waals surface area contributed by atoms with Crippen LogP contribution in [0.25, 0.3) is 77.2 Å². The highest BCUT2D eigenvalue weighted by molar-refractivity contribution is 6.22. The molecule has 12 aromatic rings. The van der Waals surface area contributed by atoms with Crippen LogP contribution in [0.4, 0.5) is 17.1 Å². The van der Waals surface area contributed by atoms with E-state index in [1.807, 2.05) is 0 Å². The van der Waals surface area contributed by atoms with Gasteiger partial charge in [0.1, 0.15) is 0 Å². The summed E-state index contributed by atoms with van der Waals surface area (Å²) < 4.78 is 0. The maximum atomic E-state index is 2.50. The van der Waals surface area contributed by atoms with Crippen LogP contribution in [0, 0.1) is 0 Å². The van der Waals surface area contributed by atoms with E-state index in [0.717, 1.165) is 28.2 Å². The second kappa shape index (κ2) is 17.2. The molecule has 12 aromatic carbocycles. The van der Waals surface area contributed by atoms with Crippen molar-refractivity contribution in [3.63, 3.8) is 0 Å². The number of nitrogens with zero attached hydrogens (tertiary/aromatic N) is 1. The van der Waals surface area contributed by atoms with Gasteiger partial charge in [0, 0.05) is 16.8 Å². The smallest absolute Gasteiger partial charge is 0.0714 e. The predicted molar refractivity (Wildman–Crippen MR) is 295 cm³/mol. The van der Waals surface area contributed by atoms with E-state index in [4.69, 9.17) is 0 Å². The molecule has 0 saturated carbocycles. The second-order valence-electron chi connectivity index (χ2n) is 18.3. The third-order valence-electron chi connectivity index (χ3n) is 14.5. The van der Waals surface area contributed by atoms with Gasteiger partial charge >= 0.3 is 0 Å². The summed E-state index contributed by atoms with van der Waals surface area (Å²) in [6.07, 6.45) is 0. The lowest BCUT2D eigenvalue weighted by Crippen LogP contribution is -2.28. The Hall–Kier alpha value is -9.04. The van der Waals surface area contributed by atoms with Crippen LogP contribution in [0.15, 0.2) is 285 Å². The second-order valence-corrected chi connectivity index (χ2v) is 18.3. The fourth-order valence-corrected chi connectivity index (χ4v) is 11.6. The summed E-state index contributed by atoms with van der Waals surface area (Å²) in [5.41, 5.74) is 19.9. The van der Waals surface area contributed by atoms with Crippen LogP contribution in [0.1, 0.15) is 22.3 Å². The predicted octanol–water partition coefficient (Wildman–Crippen LogP) is 18.5. The van der Waals surface area contributed by atoms with E-state index in [2.05, 4.69) is 290 Å². The topological polar surface area (TPSA) is 3.24 Å². The third-order valence-corrected chi connectivity index (χ3v) is 14.5. The average molecular weight is 890 g/mol. The number of hydrogen-bond acceptors (Lipinski definition) is 1. The summed E-state index contributed by atoms with van der Waals surface area (Å²) in [7, 11) is 0. The van der Waals surface area contributed by atoms with Gasteiger partial charge < -0.3 is 4.90 Å². The lowest BCUT2D eigenvalue weighted by molar-refractivity contribution is 0.768. The van der Waals surface area contributed by atoms with Crippen molar-refractivity contribution in [3.8, 4) is 55.6 Å². The number of fused-ring (bicyclic) bond motifs is 6. The van der Waals surface area contributed by atoms with E-state index in [9.17, 15) is 0 Å². The minimum Gasteiger partial charge on any atom is -0.309 e. The monoisotopic (exact) mass is 889 g/mol. The van der Waals surface area contributed by atoms with Crippen molar-refractivity contribution < 1.29 is 0 Å². The van der Waals surface area contributed by atoms with Crippen LogP contribution in [-0.2, 0) is 5.41 Å². The number of rotatable bonds is 9. The van der Waals surface area contributed by atoms with Gasteiger partial charge in [0.05, 0.1) is 16.8 Å². The Bertz CT molecular complexity index is 3800. The van der Waals surface area contributed by atoms with Gasteiger partial charge in [-0.2, -0.15) is 0 Å². The lowest BCUT2D eigenvalue weighted by Gasteiger charge is -2.34. The van der Waals surface area contributed by atoms with Gasteiger partial charge in [-0.05, 0) is 119 Å². The van der Waals surface area contributed by atoms with Crippen molar-refractivity contribution in [2.45, 2.75) is 5.41 Å². The summed E-state index contributed by atoms with van der Waals surface area (Å²) in [5.74, 6) is 0. The summed E-state index contributed by atoms with van der Waals surface area (Å²) >= 11 is 0. The van der Waals surface area contributed by atoms with Crippen molar-refractivity contribution >= 4 is 38.6 Å². The van der Waals surface area contributed by atoms with Crippen LogP contribution in [0.3, 0.4) is 0 Å². The van der Waals surface area contributed by atoms with Gasteiger partial charge in [-0.15, -0.1) is 0 Å². The first-order valence-corrected chi connectivity index (χ1v) is 24.3. The zero-order chi connectivity index (χ0) is 46.4. The molecule has 0 spiro atoms. The molecule has 1 heteroatoms. The fourth-order valence-electron chi connectivity index (χ4n) is 11.6. The standard InChI is InChI=1S/C69H47N/c1-6-23-49(24-7-1)56-33-19-21-39-64(56)70(65-40-22-38-63-68(65)60-36-18-20-37-62(60)69(63,53-29-12-4-13-30-53)54-31-14-5-15-32-54)55-44-41-48(42-45-55)52-43-46-58-57-34-16-17-35-59(57)66(50-25-8-2-9-26-50)67(61(58)47-52)51-27-10-3-11-28-51/h1-47H. The minimum atomic E-state index is -0.528. The molecule has 70 heavy (non-hydrogen) atoms. The van der Waals surface area contributed by atoms with Gasteiger partial charge in [0.25, 0.3) is 0 Å². The van der Waals surface area contributed by atoms with E-state index < -0.39 is 5.41 Å². The molecule has 1 aliphatic rings. The van der Waals surface area contributed by atoms with Crippen molar-refractivity contribution in [2.24, 2.45) is 0 Å². The Morgan fingerprint density at radius 2 is 0.700 bits per heavy atom. The third kappa shape index (κ3) is 6.62. The van der Waals surface area contributed by atoms with E-state index in [0.29, 0.717) is 0 Å².